The van der Waals surface area contributed by atoms with Crippen molar-refractivity contribution in [2.24, 2.45) is 0 Å². The smallest absolute Gasteiger partial charge is 0.233 e. The highest BCUT2D eigenvalue weighted by Crippen LogP contribution is 2.27. The van der Waals surface area contributed by atoms with Crippen LogP contribution >= 0.6 is 35.6 Å². The number of rotatable bonds is 5. The van der Waals surface area contributed by atoms with Gasteiger partial charge in [0.25, 0.3) is 0 Å². The van der Waals surface area contributed by atoms with Crippen LogP contribution in [0.25, 0.3) is 0 Å². The molecule has 2 N–H and O–H groups in total. The summed E-state index contributed by atoms with van der Waals surface area (Å²) in [4.78, 5) is 15.8. The Kier molecular flexibility index (Phi) is 6.78. The van der Waals surface area contributed by atoms with Gasteiger partial charge in [0, 0.05) is 24.5 Å². The molecule has 0 radical (unpaired) electrons. The fourth-order valence-electron chi connectivity index (χ4n) is 2.89. The minimum absolute atomic E-state index is 0. The molecule has 0 unspecified atom stereocenters. The topological polar surface area (TPSA) is 66.0 Å². The van der Waals surface area contributed by atoms with E-state index in [1.165, 1.54) is 0 Å². The van der Waals surface area contributed by atoms with Gasteiger partial charge in [-0.15, -0.1) is 12.4 Å². The zero-order chi connectivity index (χ0) is 18.6. The second-order valence-corrected chi connectivity index (χ2v) is 7.04. The quantitative estimate of drug-likeness (QED) is 0.535. The van der Waals surface area contributed by atoms with Crippen LogP contribution < -0.4 is 15.5 Å². The van der Waals surface area contributed by atoms with Gasteiger partial charge in [0.05, 0.1) is 10.0 Å². The standard InChI is InChI=1S/C19H18Cl2N6.ClH/c20-15-9-8-14(12-16(15)21)23-18-24-17(22-13-6-2-1-3-7-13)25-19(26-18)27-10-4-5-11-27;/h1-3,6-9,12H,4-5,10-11H2,(H2,22,23,24,25,26);1H. The van der Waals surface area contributed by atoms with E-state index in [0.29, 0.717) is 27.9 Å². The van der Waals surface area contributed by atoms with E-state index < -0.39 is 0 Å². The number of anilines is 5. The molecular weight excluding hydrogens is 419 g/mol. The largest absolute Gasteiger partial charge is 0.341 e. The van der Waals surface area contributed by atoms with Crippen LogP contribution in [-0.2, 0) is 0 Å². The molecule has 3 aromatic rings. The normalized spacial score (nSPS) is 13.1. The van der Waals surface area contributed by atoms with Gasteiger partial charge in [-0.05, 0) is 43.2 Å². The Bertz CT molecular complexity index is 932. The lowest BCUT2D eigenvalue weighted by Crippen LogP contribution is -2.21. The summed E-state index contributed by atoms with van der Waals surface area (Å²) < 4.78 is 0. The highest BCUT2D eigenvalue weighted by Gasteiger charge is 2.18. The summed E-state index contributed by atoms with van der Waals surface area (Å²) >= 11 is 12.1. The fourth-order valence-corrected chi connectivity index (χ4v) is 3.19. The molecule has 6 nitrogen and oxygen atoms in total. The first kappa shape index (κ1) is 20.5. The molecule has 4 rings (SSSR count). The molecule has 146 valence electrons. The Hall–Kier alpha value is -2.28. The van der Waals surface area contributed by atoms with Gasteiger partial charge in [-0.2, -0.15) is 15.0 Å². The molecule has 2 aromatic carbocycles. The Labute approximate surface area is 179 Å². The van der Waals surface area contributed by atoms with E-state index in [0.717, 1.165) is 37.3 Å². The van der Waals surface area contributed by atoms with Crippen LogP contribution in [0.2, 0.25) is 10.0 Å². The summed E-state index contributed by atoms with van der Waals surface area (Å²) in [5, 5.41) is 7.40. The molecular formula is C19H19Cl3N6. The van der Waals surface area contributed by atoms with Crippen LogP contribution in [0.5, 0.6) is 0 Å². The Morgan fingerprint density at radius 2 is 1.39 bits per heavy atom. The number of nitrogens with one attached hydrogen (secondary N) is 2. The minimum atomic E-state index is 0. The van der Waals surface area contributed by atoms with Gasteiger partial charge < -0.3 is 15.5 Å². The predicted molar refractivity (Wildman–Crippen MR) is 118 cm³/mol. The summed E-state index contributed by atoms with van der Waals surface area (Å²) in [5.41, 5.74) is 1.67. The van der Waals surface area contributed by atoms with Crippen molar-refractivity contribution in [3.8, 4) is 0 Å². The van der Waals surface area contributed by atoms with Gasteiger partial charge in [0.1, 0.15) is 0 Å². The molecule has 0 bridgehead atoms. The lowest BCUT2D eigenvalue weighted by molar-refractivity contribution is 0.886. The van der Waals surface area contributed by atoms with E-state index in [1.807, 2.05) is 36.4 Å². The number of nitrogens with zero attached hydrogens (tertiary/aromatic N) is 4. The van der Waals surface area contributed by atoms with Gasteiger partial charge in [-0.25, -0.2) is 0 Å². The molecule has 1 aliphatic rings. The first-order chi connectivity index (χ1) is 13.2. The molecule has 2 heterocycles. The highest BCUT2D eigenvalue weighted by atomic mass is 35.5. The number of hydrogen-bond donors (Lipinski definition) is 2. The van der Waals surface area contributed by atoms with Crippen molar-refractivity contribution in [3.05, 3.63) is 58.6 Å². The SMILES string of the molecule is Cl.Clc1ccc(Nc2nc(Nc3ccccc3)nc(N3CCCC3)n2)cc1Cl. The summed E-state index contributed by atoms with van der Waals surface area (Å²) in [6.07, 6.45) is 2.28. The molecule has 0 aliphatic carbocycles. The van der Waals surface area contributed by atoms with Crippen molar-refractivity contribution in [3.63, 3.8) is 0 Å². The molecule has 9 heteroatoms. The van der Waals surface area contributed by atoms with Crippen LogP contribution in [0, 0.1) is 0 Å². The summed E-state index contributed by atoms with van der Waals surface area (Å²) in [5.74, 6) is 1.59. The number of para-hydroxylation sites is 1. The maximum Gasteiger partial charge on any atom is 0.233 e. The summed E-state index contributed by atoms with van der Waals surface area (Å²) in [6.45, 7) is 1.89. The molecule has 1 aliphatic heterocycles. The molecule has 0 amide bonds. The molecule has 0 spiro atoms. The first-order valence-corrected chi connectivity index (χ1v) is 9.48. The van der Waals surface area contributed by atoms with Crippen LogP contribution in [0.15, 0.2) is 48.5 Å². The van der Waals surface area contributed by atoms with Crippen LogP contribution in [0.1, 0.15) is 12.8 Å². The number of aromatic nitrogens is 3. The van der Waals surface area contributed by atoms with E-state index in [9.17, 15) is 0 Å². The third-order valence-corrected chi connectivity index (χ3v) is 4.96. The van der Waals surface area contributed by atoms with Gasteiger partial charge in [0.15, 0.2) is 0 Å². The van der Waals surface area contributed by atoms with Crippen molar-refractivity contribution >= 4 is 64.8 Å². The van der Waals surface area contributed by atoms with E-state index >= 15 is 0 Å². The number of hydrogen-bond acceptors (Lipinski definition) is 6. The van der Waals surface area contributed by atoms with Gasteiger partial charge in [-0.1, -0.05) is 41.4 Å². The molecule has 0 saturated carbocycles. The zero-order valence-electron chi connectivity index (χ0n) is 14.9. The first-order valence-electron chi connectivity index (χ1n) is 8.72. The lowest BCUT2D eigenvalue weighted by atomic mass is 10.3. The van der Waals surface area contributed by atoms with Gasteiger partial charge >= 0.3 is 0 Å². The lowest BCUT2D eigenvalue weighted by Gasteiger charge is -2.17. The van der Waals surface area contributed by atoms with Crippen molar-refractivity contribution < 1.29 is 0 Å². The third kappa shape index (κ3) is 4.95. The third-order valence-electron chi connectivity index (χ3n) is 4.22. The van der Waals surface area contributed by atoms with Crippen molar-refractivity contribution in [2.45, 2.75) is 12.8 Å². The Balaban J connectivity index is 0.00000225. The Morgan fingerprint density at radius 3 is 2.04 bits per heavy atom. The van der Waals surface area contributed by atoms with E-state index in [4.69, 9.17) is 23.2 Å². The fraction of sp³-hybridized carbons (Fsp3) is 0.211. The maximum absolute atomic E-state index is 6.11. The van der Waals surface area contributed by atoms with Gasteiger partial charge in [0.2, 0.25) is 17.8 Å². The van der Waals surface area contributed by atoms with Gasteiger partial charge in [-0.3, -0.25) is 0 Å². The van der Waals surface area contributed by atoms with Crippen molar-refractivity contribution in [1.82, 2.24) is 15.0 Å². The maximum atomic E-state index is 6.11. The highest BCUT2D eigenvalue weighted by molar-refractivity contribution is 6.42. The molecule has 0 atom stereocenters. The predicted octanol–water partition coefficient (Wildman–Crippen LogP) is 5.69. The number of halogens is 3. The summed E-state index contributed by atoms with van der Waals surface area (Å²) in [6, 6.07) is 15.1. The van der Waals surface area contributed by atoms with Crippen molar-refractivity contribution in [2.75, 3.05) is 28.6 Å². The average Bonchev–Trinajstić information content (AvgIpc) is 3.20. The van der Waals surface area contributed by atoms with E-state index in [2.05, 4.69) is 30.5 Å². The molecule has 28 heavy (non-hydrogen) atoms. The molecule has 1 saturated heterocycles. The average molecular weight is 438 g/mol. The summed E-state index contributed by atoms with van der Waals surface area (Å²) in [7, 11) is 0. The second kappa shape index (κ2) is 9.28. The van der Waals surface area contributed by atoms with Crippen LogP contribution in [0.4, 0.5) is 29.2 Å². The molecule has 1 aromatic heterocycles. The molecule has 1 fully saturated rings. The van der Waals surface area contributed by atoms with Crippen LogP contribution in [0.3, 0.4) is 0 Å². The zero-order valence-corrected chi connectivity index (χ0v) is 17.2. The van der Waals surface area contributed by atoms with E-state index in [1.54, 1.807) is 12.1 Å². The van der Waals surface area contributed by atoms with E-state index in [-0.39, 0.29) is 12.4 Å². The minimum Gasteiger partial charge on any atom is -0.341 e. The van der Waals surface area contributed by atoms with Crippen LogP contribution in [-0.4, -0.2) is 28.0 Å². The monoisotopic (exact) mass is 436 g/mol. The number of benzene rings is 2. The Morgan fingerprint density at radius 1 is 0.750 bits per heavy atom. The van der Waals surface area contributed by atoms with Crippen molar-refractivity contribution in [1.29, 1.82) is 0 Å². The second-order valence-electron chi connectivity index (χ2n) is 6.22.